The van der Waals surface area contributed by atoms with Crippen LogP contribution in [-0.4, -0.2) is 25.4 Å². The average molecular weight is 430 g/mol. The fourth-order valence-corrected chi connectivity index (χ4v) is 3.91. The lowest BCUT2D eigenvalue weighted by molar-refractivity contribution is -0.138. The van der Waals surface area contributed by atoms with E-state index in [1.54, 1.807) is 25.1 Å². The van der Waals surface area contributed by atoms with E-state index >= 15 is 0 Å². The first-order valence-corrected chi connectivity index (χ1v) is 9.78. The molecule has 2 heterocycles. The molecule has 2 aromatic rings. The number of carbonyl (C=O) groups is 1. The van der Waals surface area contributed by atoms with Crippen LogP contribution in [0.15, 0.2) is 53.0 Å². The van der Waals surface area contributed by atoms with Gasteiger partial charge < -0.3 is 14.8 Å². The summed E-state index contributed by atoms with van der Waals surface area (Å²) >= 11 is 0. The zero-order valence-corrected chi connectivity index (χ0v) is 17.0. The minimum Gasteiger partial charge on any atom is -0.493 e. The third-order valence-electron chi connectivity index (χ3n) is 5.40. The maximum atomic E-state index is 13.3. The van der Waals surface area contributed by atoms with Crippen LogP contribution in [-0.2, 0) is 17.6 Å². The summed E-state index contributed by atoms with van der Waals surface area (Å²) in [5, 5.41) is 2.77. The van der Waals surface area contributed by atoms with Gasteiger partial charge in [-0.2, -0.15) is 13.2 Å². The number of amidine groups is 1. The molecule has 8 heteroatoms. The number of halogens is 3. The molecule has 1 unspecified atom stereocenters. The molecular weight excluding hydrogens is 409 g/mol. The van der Waals surface area contributed by atoms with E-state index in [0.717, 1.165) is 17.2 Å². The fourth-order valence-electron chi connectivity index (χ4n) is 3.91. The molecule has 2 aliphatic heterocycles. The molecule has 0 bridgehead atoms. The Hall–Kier alpha value is -3.29. The minimum absolute atomic E-state index is 0.0551. The molecular formula is C23H21F3N2O3. The Morgan fingerprint density at radius 1 is 1.16 bits per heavy atom. The van der Waals surface area contributed by atoms with Crippen LogP contribution < -0.4 is 14.8 Å². The summed E-state index contributed by atoms with van der Waals surface area (Å²) < 4.78 is 51.1. The summed E-state index contributed by atoms with van der Waals surface area (Å²) in [7, 11) is 1.47. The first kappa shape index (κ1) is 21.0. The molecule has 1 saturated heterocycles. The quantitative estimate of drug-likeness (QED) is 0.758. The number of carbonyl (C=O) groups excluding carboxylic acids is 1. The van der Waals surface area contributed by atoms with Crippen LogP contribution in [0.3, 0.4) is 0 Å². The van der Waals surface area contributed by atoms with Gasteiger partial charge in [-0.3, -0.25) is 9.79 Å². The second kappa shape index (κ2) is 8.09. The van der Waals surface area contributed by atoms with E-state index in [1.807, 2.05) is 6.08 Å². The van der Waals surface area contributed by atoms with Gasteiger partial charge in [0.1, 0.15) is 12.4 Å². The summed E-state index contributed by atoms with van der Waals surface area (Å²) in [6, 6.07) is 9.19. The van der Waals surface area contributed by atoms with Gasteiger partial charge in [0.15, 0.2) is 11.5 Å². The van der Waals surface area contributed by atoms with E-state index < -0.39 is 11.7 Å². The Bertz CT molecular complexity index is 1090. The first-order valence-electron chi connectivity index (χ1n) is 9.78. The van der Waals surface area contributed by atoms with Crippen molar-refractivity contribution in [1.82, 2.24) is 5.32 Å². The van der Waals surface area contributed by atoms with Gasteiger partial charge in [0.25, 0.3) is 0 Å². The zero-order chi connectivity index (χ0) is 22.2. The number of amides is 1. The summed E-state index contributed by atoms with van der Waals surface area (Å²) in [5.41, 5.74) is 1.87. The lowest BCUT2D eigenvalue weighted by Crippen LogP contribution is -2.38. The van der Waals surface area contributed by atoms with Crippen LogP contribution in [0, 0.1) is 6.92 Å². The third-order valence-corrected chi connectivity index (χ3v) is 5.40. The SMILES string of the molecule is COc1cc(C2CC(=O)NC3=NCC=C32)ccc1OCc1cc(C)ccc1C(F)(F)F. The Labute approximate surface area is 177 Å². The summed E-state index contributed by atoms with van der Waals surface area (Å²) in [6.45, 7) is 2.01. The molecule has 2 aliphatic rings. The van der Waals surface area contributed by atoms with E-state index in [0.29, 0.717) is 29.4 Å². The van der Waals surface area contributed by atoms with Crippen LogP contribution in [0.5, 0.6) is 11.5 Å². The Balaban J connectivity index is 1.58. The third kappa shape index (κ3) is 4.28. The molecule has 0 aromatic heterocycles. The molecule has 0 aliphatic carbocycles. The highest BCUT2D eigenvalue weighted by Gasteiger charge is 2.34. The number of methoxy groups -OCH3 is 1. The monoisotopic (exact) mass is 430 g/mol. The molecule has 0 spiro atoms. The van der Waals surface area contributed by atoms with Gasteiger partial charge in [-0.1, -0.05) is 29.8 Å². The van der Waals surface area contributed by atoms with Crippen molar-refractivity contribution < 1.29 is 27.4 Å². The second-order valence-electron chi connectivity index (χ2n) is 7.51. The number of nitrogens with one attached hydrogen (secondary N) is 1. The van der Waals surface area contributed by atoms with Crippen molar-refractivity contribution in [2.24, 2.45) is 4.99 Å². The van der Waals surface area contributed by atoms with E-state index in [-0.39, 0.29) is 30.4 Å². The Kier molecular flexibility index (Phi) is 5.47. The standard InChI is InChI=1S/C23H21F3N2O3/c1-13-3-5-18(23(24,25)26)15(9-13)12-31-19-6-4-14(10-20(19)30-2)17-11-21(29)28-22-16(17)7-8-27-22/h3-7,9-10,17H,8,11-12H2,1-2H3,(H,27,28,29). The average Bonchev–Trinajstić information content (AvgIpc) is 3.19. The largest absolute Gasteiger partial charge is 0.493 e. The van der Waals surface area contributed by atoms with Crippen molar-refractivity contribution in [3.8, 4) is 11.5 Å². The molecule has 1 fully saturated rings. The maximum Gasteiger partial charge on any atom is 0.416 e. The maximum absolute atomic E-state index is 13.3. The highest BCUT2D eigenvalue weighted by atomic mass is 19.4. The predicted octanol–water partition coefficient (Wildman–Crippen LogP) is 4.54. The number of ether oxygens (including phenoxy) is 2. The lowest BCUT2D eigenvalue weighted by Gasteiger charge is -2.26. The molecule has 5 nitrogen and oxygen atoms in total. The molecule has 162 valence electrons. The van der Waals surface area contributed by atoms with E-state index in [2.05, 4.69) is 10.3 Å². The van der Waals surface area contributed by atoms with Gasteiger partial charge in [-0.05, 0) is 30.7 Å². The van der Waals surface area contributed by atoms with Crippen molar-refractivity contribution >= 4 is 11.7 Å². The van der Waals surface area contributed by atoms with Crippen molar-refractivity contribution in [2.75, 3.05) is 13.7 Å². The molecule has 4 rings (SSSR count). The van der Waals surface area contributed by atoms with Gasteiger partial charge >= 0.3 is 6.18 Å². The molecule has 2 aromatic carbocycles. The molecule has 31 heavy (non-hydrogen) atoms. The van der Waals surface area contributed by atoms with Gasteiger partial charge in [0.2, 0.25) is 5.91 Å². The number of aliphatic imine (C=N–C) groups is 1. The van der Waals surface area contributed by atoms with Crippen LogP contribution in [0.4, 0.5) is 13.2 Å². The number of fused-ring (bicyclic) bond motifs is 1. The summed E-state index contributed by atoms with van der Waals surface area (Å²) in [4.78, 5) is 16.3. The number of hydrogen-bond acceptors (Lipinski definition) is 4. The van der Waals surface area contributed by atoms with Gasteiger partial charge in [0, 0.05) is 23.5 Å². The van der Waals surface area contributed by atoms with E-state index in [1.165, 1.54) is 19.2 Å². The lowest BCUT2D eigenvalue weighted by atomic mass is 9.85. The second-order valence-corrected chi connectivity index (χ2v) is 7.51. The van der Waals surface area contributed by atoms with E-state index in [9.17, 15) is 18.0 Å². The molecule has 1 amide bonds. The first-order chi connectivity index (χ1) is 14.8. The minimum atomic E-state index is -4.46. The number of hydrogen-bond donors (Lipinski definition) is 1. The Morgan fingerprint density at radius 3 is 2.71 bits per heavy atom. The number of rotatable bonds is 5. The van der Waals surface area contributed by atoms with Crippen molar-refractivity contribution in [1.29, 1.82) is 0 Å². The topological polar surface area (TPSA) is 59.9 Å². The highest BCUT2D eigenvalue weighted by molar-refractivity contribution is 6.12. The van der Waals surface area contributed by atoms with Crippen LogP contribution in [0.1, 0.15) is 34.6 Å². The predicted molar refractivity (Wildman–Crippen MR) is 109 cm³/mol. The number of piperidine rings is 1. The highest BCUT2D eigenvalue weighted by Crippen LogP contribution is 2.39. The number of aryl methyl sites for hydroxylation is 1. The van der Waals surface area contributed by atoms with Gasteiger partial charge in [-0.25, -0.2) is 0 Å². The van der Waals surface area contributed by atoms with Crippen LogP contribution >= 0.6 is 0 Å². The molecule has 1 N–H and O–H groups in total. The van der Waals surface area contributed by atoms with Crippen molar-refractivity contribution in [3.63, 3.8) is 0 Å². The molecule has 0 saturated carbocycles. The van der Waals surface area contributed by atoms with E-state index in [4.69, 9.17) is 9.47 Å². The normalized spacial score (nSPS) is 18.1. The van der Waals surface area contributed by atoms with Crippen molar-refractivity contribution in [3.05, 3.63) is 70.3 Å². The summed E-state index contributed by atoms with van der Waals surface area (Å²) in [6.07, 6.45) is -2.20. The number of alkyl halides is 3. The van der Waals surface area contributed by atoms with Crippen molar-refractivity contribution in [2.45, 2.75) is 32.0 Å². The van der Waals surface area contributed by atoms with Gasteiger partial charge in [-0.15, -0.1) is 0 Å². The van der Waals surface area contributed by atoms with Crippen LogP contribution in [0.2, 0.25) is 0 Å². The van der Waals surface area contributed by atoms with Gasteiger partial charge in [0.05, 0.1) is 19.2 Å². The Morgan fingerprint density at radius 2 is 1.97 bits per heavy atom. The molecule has 0 radical (unpaired) electrons. The number of benzene rings is 2. The zero-order valence-electron chi connectivity index (χ0n) is 17.0. The smallest absolute Gasteiger partial charge is 0.416 e. The van der Waals surface area contributed by atoms with Crippen LogP contribution in [0.25, 0.3) is 0 Å². The molecule has 1 atom stereocenters. The summed E-state index contributed by atoms with van der Waals surface area (Å²) in [5.74, 6) is 1.05. The number of nitrogens with zero attached hydrogens (tertiary/aromatic N) is 1. The fraction of sp³-hybridized carbons (Fsp3) is 0.304.